The van der Waals surface area contributed by atoms with Crippen LogP contribution in [0.1, 0.15) is 12.5 Å². The lowest BCUT2D eigenvalue weighted by molar-refractivity contribution is -0.117. The molecule has 2 N–H and O–H groups in total. The summed E-state index contributed by atoms with van der Waals surface area (Å²) < 4.78 is 1.52. The first-order valence-corrected chi connectivity index (χ1v) is 7.21. The van der Waals surface area contributed by atoms with E-state index in [9.17, 15) is 10.1 Å². The molecule has 0 saturated heterocycles. The Balaban J connectivity index is 2.21. The Labute approximate surface area is 134 Å². The van der Waals surface area contributed by atoms with Crippen molar-refractivity contribution >= 4 is 11.7 Å². The number of anilines is 1. The number of hydrogen-bond donors (Lipinski definition) is 2. The molecule has 0 aliphatic carbocycles. The van der Waals surface area contributed by atoms with Crippen LogP contribution in [0.4, 0.5) is 5.82 Å². The highest BCUT2D eigenvalue weighted by Gasteiger charge is 2.17. The molecule has 0 bridgehead atoms. The van der Waals surface area contributed by atoms with E-state index in [2.05, 4.69) is 10.4 Å². The molecule has 0 aliphatic heterocycles. The number of carbonyl (C=O) groups excluding carboxylic acids is 1. The Morgan fingerprint density at radius 1 is 1.48 bits per heavy atom. The Morgan fingerprint density at radius 3 is 2.78 bits per heavy atom. The summed E-state index contributed by atoms with van der Waals surface area (Å²) in [5.74, 6) is 0.0655. The van der Waals surface area contributed by atoms with Crippen LogP contribution >= 0.6 is 0 Å². The van der Waals surface area contributed by atoms with Crippen molar-refractivity contribution in [1.82, 2.24) is 14.7 Å². The van der Waals surface area contributed by atoms with E-state index >= 15 is 0 Å². The van der Waals surface area contributed by atoms with Crippen molar-refractivity contribution in [3.63, 3.8) is 0 Å². The van der Waals surface area contributed by atoms with Crippen LogP contribution in [-0.2, 0) is 4.79 Å². The zero-order valence-corrected chi connectivity index (χ0v) is 13.1. The van der Waals surface area contributed by atoms with Gasteiger partial charge < -0.3 is 10.4 Å². The van der Waals surface area contributed by atoms with Gasteiger partial charge in [0, 0.05) is 6.04 Å². The molecule has 0 radical (unpaired) electrons. The second kappa shape index (κ2) is 7.54. The average Bonchev–Trinajstić information content (AvgIpc) is 2.97. The summed E-state index contributed by atoms with van der Waals surface area (Å²) in [5, 5.41) is 25.2. The largest absolute Gasteiger partial charge is 0.395 e. The fraction of sp³-hybridized carbons (Fsp3) is 0.312. The van der Waals surface area contributed by atoms with Gasteiger partial charge in [-0.2, -0.15) is 10.4 Å². The number of hydrogen-bond acceptors (Lipinski definition) is 5. The minimum absolute atomic E-state index is 0.0326. The number of benzene rings is 1. The summed E-state index contributed by atoms with van der Waals surface area (Å²) in [4.78, 5) is 13.9. The predicted molar refractivity (Wildman–Crippen MR) is 86.1 cm³/mol. The van der Waals surface area contributed by atoms with E-state index in [0.29, 0.717) is 11.4 Å². The summed E-state index contributed by atoms with van der Waals surface area (Å²) in [6.07, 6.45) is 1.42. The van der Waals surface area contributed by atoms with Crippen molar-refractivity contribution in [1.29, 1.82) is 5.26 Å². The molecule has 1 atom stereocenters. The lowest BCUT2D eigenvalue weighted by atomic mass is 10.3. The zero-order chi connectivity index (χ0) is 16.8. The number of nitrogens with one attached hydrogen (secondary N) is 1. The molecule has 2 rings (SSSR count). The topological polar surface area (TPSA) is 94.2 Å². The second-order valence-electron chi connectivity index (χ2n) is 5.26. The molecular formula is C16H19N5O2. The Hall–Kier alpha value is -2.69. The number of aromatic nitrogens is 2. The van der Waals surface area contributed by atoms with Crippen LogP contribution in [0.25, 0.3) is 5.69 Å². The highest BCUT2D eigenvalue weighted by atomic mass is 16.3. The normalized spacial score (nSPS) is 12.0. The van der Waals surface area contributed by atoms with Crippen molar-refractivity contribution in [2.24, 2.45) is 0 Å². The maximum absolute atomic E-state index is 12.2. The molecule has 0 aliphatic rings. The number of amides is 1. The number of nitrogens with zero attached hydrogens (tertiary/aromatic N) is 4. The maximum Gasteiger partial charge on any atom is 0.239 e. The van der Waals surface area contributed by atoms with Gasteiger partial charge in [0.25, 0.3) is 0 Å². The van der Waals surface area contributed by atoms with Gasteiger partial charge in [0.2, 0.25) is 5.91 Å². The predicted octanol–water partition coefficient (Wildman–Crippen LogP) is 0.995. The van der Waals surface area contributed by atoms with E-state index in [1.807, 2.05) is 43.3 Å². The first kappa shape index (κ1) is 16.7. The molecule has 0 spiro atoms. The number of nitriles is 1. The summed E-state index contributed by atoms with van der Waals surface area (Å²) in [7, 11) is 1.75. The second-order valence-corrected chi connectivity index (χ2v) is 5.26. The molecule has 23 heavy (non-hydrogen) atoms. The highest BCUT2D eigenvalue weighted by Crippen LogP contribution is 2.19. The molecular weight excluding hydrogens is 294 g/mol. The number of likely N-dealkylation sites (N-methyl/N-ethyl adjacent to an activating group) is 1. The van der Waals surface area contributed by atoms with Crippen molar-refractivity contribution in [3.05, 3.63) is 42.1 Å². The lowest BCUT2D eigenvalue weighted by Crippen LogP contribution is -2.38. The van der Waals surface area contributed by atoms with Crippen LogP contribution in [0.15, 0.2) is 36.5 Å². The van der Waals surface area contributed by atoms with Crippen LogP contribution < -0.4 is 5.32 Å². The van der Waals surface area contributed by atoms with Crippen LogP contribution in [0.2, 0.25) is 0 Å². The molecule has 1 aromatic carbocycles. The van der Waals surface area contributed by atoms with E-state index in [4.69, 9.17) is 5.11 Å². The van der Waals surface area contributed by atoms with Gasteiger partial charge in [0.1, 0.15) is 11.6 Å². The van der Waals surface area contributed by atoms with Crippen molar-refractivity contribution in [2.75, 3.05) is 25.5 Å². The third kappa shape index (κ3) is 3.94. The van der Waals surface area contributed by atoms with Crippen LogP contribution in [0.5, 0.6) is 0 Å². The molecule has 7 heteroatoms. The minimum Gasteiger partial charge on any atom is -0.395 e. The number of para-hydroxylation sites is 1. The van der Waals surface area contributed by atoms with Gasteiger partial charge in [-0.25, -0.2) is 4.68 Å². The fourth-order valence-corrected chi connectivity index (χ4v) is 2.01. The zero-order valence-electron chi connectivity index (χ0n) is 13.1. The van der Waals surface area contributed by atoms with E-state index in [0.717, 1.165) is 5.69 Å². The third-order valence-corrected chi connectivity index (χ3v) is 3.56. The highest BCUT2D eigenvalue weighted by molar-refractivity contribution is 5.92. The molecule has 2 aromatic rings. The number of carbonyl (C=O) groups is 1. The molecule has 120 valence electrons. The molecule has 0 fully saturated rings. The Morgan fingerprint density at radius 2 is 2.17 bits per heavy atom. The summed E-state index contributed by atoms with van der Waals surface area (Å²) >= 11 is 0. The van der Waals surface area contributed by atoms with Crippen molar-refractivity contribution < 1.29 is 9.90 Å². The van der Waals surface area contributed by atoms with E-state index in [1.165, 1.54) is 10.9 Å². The van der Waals surface area contributed by atoms with Crippen LogP contribution in [0, 0.1) is 11.3 Å². The number of rotatable bonds is 6. The van der Waals surface area contributed by atoms with E-state index < -0.39 is 0 Å². The molecule has 1 amide bonds. The van der Waals surface area contributed by atoms with E-state index in [1.54, 1.807) is 11.9 Å². The van der Waals surface area contributed by atoms with Gasteiger partial charge in [-0.05, 0) is 26.1 Å². The average molecular weight is 313 g/mol. The van der Waals surface area contributed by atoms with Gasteiger partial charge in [-0.1, -0.05) is 18.2 Å². The smallest absolute Gasteiger partial charge is 0.239 e. The van der Waals surface area contributed by atoms with Gasteiger partial charge in [0.05, 0.1) is 25.0 Å². The first-order chi connectivity index (χ1) is 11.1. The maximum atomic E-state index is 12.2. The van der Waals surface area contributed by atoms with Gasteiger partial charge in [-0.3, -0.25) is 9.69 Å². The summed E-state index contributed by atoms with van der Waals surface area (Å²) in [6.45, 7) is 1.89. The number of aliphatic hydroxyl groups is 1. The first-order valence-electron chi connectivity index (χ1n) is 7.21. The summed E-state index contributed by atoms with van der Waals surface area (Å²) in [5.41, 5.74) is 1.04. The van der Waals surface area contributed by atoms with Crippen molar-refractivity contribution in [2.45, 2.75) is 13.0 Å². The Bertz CT molecular complexity index is 705. The molecule has 1 unspecified atom stereocenters. The number of aliphatic hydroxyl groups excluding tert-OH is 1. The fourth-order valence-electron chi connectivity index (χ4n) is 2.01. The summed E-state index contributed by atoms with van der Waals surface area (Å²) in [6, 6.07) is 11.2. The molecule has 0 saturated carbocycles. The van der Waals surface area contributed by atoms with Gasteiger partial charge in [0.15, 0.2) is 5.82 Å². The minimum atomic E-state index is -0.276. The van der Waals surface area contributed by atoms with Gasteiger partial charge in [-0.15, -0.1) is 0 Å². The van der Waals surface area contributed by atoms with E-state index in [-0.39, 0.29) is 25.1 Å². The lowest BCUT2D eigenvalue weighted by Gasteiger charge is -2.22. The SMILES string of the molecule is CC(CO)N(C)CC(=O)Nc1c(C#N)cnn1-c1ccccc1. The molecule has 1 aromatic heterocycles. The molecule has 1 heterocycles. The Kier molecular flexibility index (Phi) is 5.46. The molecule has 7 nitrogen and oxygen atoms in total. The van der Waals surface area contributed by atoms with Crippen LogP contribution in [0.3, 0.4) is 0 Å². The third-order valence-electron chi connectivity index (χ3n) is 3.56. The van der Waals surface area contributed by atoms with Crippen LogP contribution in [-0.4, -0.2) is 51.9 Å². The van der Waals surface area contributed by atoms with Gasteiger partial charge >= 0.3 is 0 Å². The monoisotopic (exact) mass is 313 g/mol. The van der Waals surface area contributed by atoms with Crippen molar-refractivity contribution in [3.8, 4) is 11.8 Å². The quantitative estimate of drug-likeness (QED) is 0.829. The standard InChI is InChI=1S/C16H19N5O2/c1-12(11-22)20(2)10-15(23)19-16-13(8-17)9-18-21(16)14-6-4-3-5-7-14/h3-7,9,12,22H,10-11H2,1-2H3,(H,19,23).